The molecule has 0 radical (unpaired) electrons. The Morgan fingerprint density at radius 3 is 2.77 bits per heavy atom. The molecule has 6 heteroatoms. The number of carbonyl (C=O) groups is 1. The van der Waals surface area contributed by atoms with E-state index in [-0.39, 0.29) is 17.9 Å². The molecule has 2 fully saturated rings. The van der Waals surface area contributed by atoms with E-state index in [0.29, 0.717) is 5.92 Å². The van der Waals surface area contributed by atoms with Gasteiger partial charge < -0.3 is 10.6 Å². The Labute approximate surface area is 130 Å². The largest absolute Gasteiger partial charge is 0.321 e. The standard InChI is InChI=1S/C16H23N5O/c1-21-15(9-14(20-21)11-5-3-2-4-6-11)19-16(22)12-7-13(8-12)18-10-17/h9,11-13,18H,2-8H2,1H3,(H,19,22)/t12-,13-. The fourth-order valence-electron chi connectivity index (χ4n) is 3.47. The number of nitriles is 1. The van der Waals surface area contributed by atoms with Crippen molar-refractivity contribution in [3.05, 3.63) is 11.8 Å². The van der Waals surface area contributed by atoms with Gasteiger partial charge in [0, 0.05) is 31.0 Å². The minimum atomic E-state index is -0.00104. The highest BCUT2D eigenvalue weighted by Crippen LogP contribution is 2.33. The molecule has 2 aliphatic carbocycles. The normalized spacial score (nSPS) is 25.1. The molecule has 1 amide bonds. The van der Waals surface area contributed by atoms with E-state index in [0.717, 1.165) is 24.4 Å². The van der Waals surface area contributed by atoms with Gasteiger partial charge in [-0.05, 0) is 25.7 Å². The lowest BCUT2D eigenvalue weighted by molar-refractivity contribution is -0.122. The van der Waals surface area contributed by atoms with Gasteiger partial charge in [0.15, 0.2) is 6.19 Å². The van der Waals surface area contributed by atoms with Crippen molar-refractivity contribution in [2.75, 3.05) is 5.32 Å². The number of aryl methyl sites for hydroxylation is 1. The van der Waals surface area contributed by atoms with E-state index in [9.17, 15) is 4.79 Å². The second kappa shape index (κ2) is 6.39. The first kappa shape index (κ1) is 14.9. The Kier molecular flexibility index (Phi) is 4.32. The lowest BCUT2D eigenvalue weighted by Crippen LogP contribution is -2.44. The molecular weight excluding hydrogens is 278 g/mol. The Bertz CT molecular complexity index is 576. The molecule has 118 valence electrons. The highest BCUT2D eigenvalue weighted by atomic mass is 16.2. The Morgan fingerprint density at radius 2 is 2.09 bits per heavy atom. The van der Waals surface area contributed by atoms with Gasteiger partial charge in [-0.25, -0.2) is 0 Å². The Morgan fingerprint density at radius 1 is 1.36 bits per heavy atom. The van der Waals surface area contributed by atoms with Crippen molar-refractivity contribution in [3.63, 3.8) is 0 Å². The molecule has 3 rings (SSSR count). The summed E-state index contributed by atoms with van der Waals surface area (Å²) in [6.45, 7) is 0. The van der Waals surface area contributed by atoms with Gasteiger partial charge in [-0.3, -0.25) is 9.48 Å². The van der Waals surface area contributed by atoms with Gasteiger partial charge in [0.05, 0.1) is 5.69 Å². The topological polar surface area (TPSA) is 82.7 Å². The van der Waals surface area contributed by atoms with Crippen LogP contribution in [0.2, 0.25) is 0 Å². The minimum absolute atomic E-state index is 0.00104. The summed E-state index contributed by atoms with van der Waals surface area (Å²) in [5.41, 5.74) is 1.11. The number of hydrogen-bond acceptors (Lipinski definition) is 4. The van der Waals surface area contributed by atoms with E-state index >= 15 is 0 Å². The Hall–Kier alpha value is -2.03. The van der Waals surface area contributed by atoms with Crippen LogP contribution >= 0.6 is 0 Å². The van der Waals surface area contributed by atoms with Crippen molar-refractivity contribution in [2.45, 2.75) is 56.9 Å². The van der Waals surface area contributed by atoms with E-state index in [1.807, 2.05) is 19.3 Å². The van der Waals surface area contributed by atoms with Gasteiger partial charge in [0.2, 0.25) is 5.91 Å². The quantitative estimate of drug-likeness (QED) is 0.660. The third-order valence-corrected chi connectivity index (χ3v) is 4.95. The summed E-state index contributed by atoms with van der Waals surface area (Å²) in [6, 6.07) is 2.18. The molecule has 0 bridgehead atoms. The van der Waals surface area contributed by atoms with Gasteiger partial charge in [-0.15, -0.1) is 0 Å². The van der Waals surface area contributed by atoms with Crippen molar-refractivity contribution in [1.29, 1.82) is 5.26 Å². The Balaban J connectivity index is 1.57. The van der Waals surface area contributed by atoms with E-state index in [4.69, 9.17) is 5.26 Å². The van der Waals surface area contributed by atoms with E-state index in [1.165, 1.54) is 32.1 Å². The van der Waals surface area contributed by atoms with Crippen LogP contribution < -0.4 is 10.6 Å². The fraction of sp³-hybridized carbons (Fsp3) is 0.688. The van der Waals surface area contributed by atoms with Gasteiger partial charge in [0.25, 0.3) is 0 Å². The number of nitrogens with zero attached hydrogens (tertiary/aromatic N) is 3. The third-order valence-electron chi connectivity index (χ3n) is 4.95. The van der Waals surface area contributed by atoms with Crippen LogP contribution in [0.3, 0.4) is 0 Å². The molecular formula is C16H23N5O. The molecule has 0 spiro atoms. The van der Waals surface area contributed by atoms with Crippen LogP contribution in [0.5, 0.6) is 0 Å². The SMILES string of the molecule is Cn1nc(C2CCCCC2)cc1NC(=O)[C@H]1C[C@H](NC#N)C1. The molecule has 0 atom stereocenters. The van der Waals surface area contributed by atoms with E-state index in [1.54, 1.807) is 4.68 Å². The average Bonchev–Trinajstić information content (AvgIpc) is 2.84. The first-order valence-electron chi connectivity index (χ1n) is 8.17. The van der Waals surface area contributed by atoms with Crippen molar-refractivity contribution >= 4 is 11.7 Å². The lowest BCUT2D eigenvalue weighted by Gasteiger charge is -2.32. The third kappa shape index (κ3) is 3.08. The fourth-order valence-corrected chi connectivity index (χ4v) is 3.47. The van der Waals surface area contributed by atoms with Crippen LogP contribution in [0.25, 0.3) is 0 Å². The highest BCUT2D eigenvalue weighted by Gasteiger charge is 2.34. The first-order chi connectivity index (χ1) is 10.7. The summed E-state index contributed by atoms with van der Waals surface area (Å²) in [5.74, 6) is 1.36. The summed E-state index contributed by atoms with van der Waals surface area (Å²) < 4.78 is 1.77. The molecule has 0 unspecified atom stereocenters. The summed E-state index contributed by atoms with van der Waals surface area (Å²) >= 11 is 0. The number of aromatic nitrogens is 2. The lowest BCUT2D eigenvalue weighted by atomic mass is 9.80. The maximum absolute atomic E-state index is 12.2. The number of hydrogen-bond donors (Lipinski definition) is 2. The van der Waals surface area contributed by atoms with Crippen LogP contribution in [0.15, 0.2) is 6.07 Å². The van der Waals surface area contributed by atoms with Gasteiger partial charge in [0.1, 0.15) is 5.82 Å². The smallest absolute Gasteiger partial charge is 0.228 e. The zero-order chi connectivity index (χ0) is 15.5. The molecule has 1 aromatic heterocycles. The average molecular weight is 301 g/mol. The summed E-state index contributed by atoms with van der Waals surface area (Å²) in [6.07, 6.45) is 9.67. The van der Waals surface area contributed by atoms with Crippen LogP contribution in [0.4, 0.5) is 5.82 Å². The number of carbonyl (C=O) groups excluding carboxylic acids is 1. The van der Waals surface area contributed by atoms with Gasteiger partial charge in [-0.2, -0.15) is 10.4 Å². The number of nitrogens with one attached hydrogen (secondary N) is 2. The molecule has 0 aliphatic heterocycles. The second-order valence-electron chi connectivity index (χ2n) is 6.52. The zero-order valence-electron chi connectivity index (χ0n) is 13.0. The van der Waals surface area contributed by atoms with E-state index < -0.39 is 0 Å². The maximum Gasteiger partial charge on any atom is 0.228 e. The molecule has 2 saturated carbocycles. The van der Waals surface area contributed by atoms with Gasteiger partial charge in [-0.1, -0.05) is 19.3 Å². The number of amides is 1. The van der Waals surface area contributed by atoms with Gasteiger partial charge >= 0.3 is 0 Å². The molecule has 6 nitrogen and oxygen atoms in total. The second-order valence-corrected chi connectivity index (χ2v) is 6.52. The van der Waals surface area contributed by atoms with Crippen molar-refractivity contribution < 1.29 is 4.79 Å². The monoisotopic (exact) mass is 301 g/mol. The van der Waals surface area contributed by atoms with E-state index in [2.05, 4.69) is 15.7 Å². The van der Waals surface area contributed by atoms with Crippen molar-refractivity contribution in [1.82, 2.24) is 15.1 Å². The number of rotatable bonds is 4. The molecule has 1 aromatic rings. The molecule has 2 aliphatic rings. The zero-order valence-corrected chi connectivity index (χ0v) is 13.0. The molecule has 0 saturated heterocycles. The predicted octanol–water partition coefficient (Wildman–Crippen LogP) is 2.26. The van der Waals surface area contributed by atoms with Crippen molar-refractivity contribution in [3.8, 4) is 6.19 Å². The predicted molar refractivity (Wildman–Crippen MR) is 82.9 cm³/mol. The van der Waals surface area contributed by atoms with Crippen LogP contribution in [0, 0.1) is 17.4 Å². The summed E-state index contributed by atoms with van der Waals surface area (Å²) in [7, 11) is 1.88. The van der Waals surface area contributed by atoms with Crippen LogP contribution in [-0.4, -0.2) is 21.7 Å². The van der Waals surface area contributed by atoms with Crippen LogP contribution in [0.1, 0.15) is 56.6 Å². The highest BCUT2D eigenvalue weighted by molar-refractivity contribution is 5.92. The first-order valence-corrected chi connectivity index (χ1v) is 8.17. The number of anilines is 1. The molecule has 2 N–H and O–H groups in total. The molecule has 1 heterocycles. The maximum atomic E-state index is 12.2. The van der Waals surface area contributed by atoms with Crippen LogP contribution in [-0.2, 0) is 11.8 Å². The minimum Gasteiger partial charge on any atom is -0.321 e. The van der Waals surface area contributed by atoms with Crippen molar-refractivity contribution in [2.24, 2.45) is 13.0 Å². The molecule has 22 heavy (non-hydrogen) atoms. The summed E-state index contributed by atoms with van der Waals surface area (Å²) in [5, 5.41) is 18.8. The summed E-state index contributed by atoms with van der Waals surface area (Å²) in [4.78, 5) is 12.2. The molecule has 0 aromatic carbocycles.